The van der Waals surface area contributed by atoms with Crippen LogP contribution >= 0.6 is 0 Å². The fraction of sp³-hybridized carbons (Fsp3) is 0.500. The lowest BCUT2D eigenvalue weighted by Crippen LogP contribution is -2.44. The lowest BCUT2D eigenvalue weighted by atomic mass is 10.0. The Morgan fingerprint density at radius 1 is 1.28 bits per heavy atom. The van der Waals surface area contributed by atoms with Gasteiger partial charge in [0, 0.05) is 7.05 Å². The second-order valence-electron chi connectivity index (χ2n) is 6.47. The van der Waals surface area contributed by atoms with Gasteiger partial charge in [-0.1, -0.05) is 19.1 Å². The van der Waals surface area contributed by atoms with Crippen LogP contribution in [-0.4, -0.2) is 54.0 Å². The quantitative estimate of drug-likeness (QED) is 0.789. The summed E-state index contributed by atoms with van der Waals surface area (Å²) in [5.41, 5.74) is -0.273. The maximum Gasteiger partial charge on any atom is 0.418 e. The Hall–Kier alpha value is -2.57. The third kappa shape index (κ3) is 3.75. The van der Waals surface area contributed by atoms with E-state index in [1.165, 1.54) is 13.8 Å². The summed E-state index contributed by atoms with van der Waals surface area (Å²) in [7, 11) is 3.26. The zero-order chi connectivity index (χ0) is 18.8. The van der Waals surface area contributed by atoms with Crippen molar-refractivity contribution in [3.8, 4) is 5.75 Å². The number of methoxy groups -OCH3 is 1. The summed E-state index contributed by atoms with van der Waals surface area (Å²) in [4.78, 5) is 39.0. The summed E-state index contributed by atoms with van der Waals surface area (Å²) in [6, 6.07) is 7.30. The largest absolute Gasteiger partial charge is 0.497 e. The molecule has 0 radical (unpaired) electrons. The maximum atomic E-state index is 12.6. The van der Waals surface area contributed by atoms with Crippen LogP contribution in [0.3, 0.4) is 0 Å². The summed E-state index contributed by atoms with van der Waals surface area (Å²) in [5, 5.41) is 0. The fourth-order valence-electron chi connectivity index (χ4n) is 2.84. The van der Waals surface area contributed by atoms with Gasteiger partial charge in [0.15, 0.2) is 5.60 Å². The van der Waals surface area contributed by atoms with Gasteiger partial charge >= 0.3 is 6.09 Å². The van der Waals surface area contributed by atoms with Crippen molar-refractivity contribution in [2.75, 3.05) is 20.7 Å². The molecule has 0 bridgehead atoms. The van der Waals surface area contributed by atoms with Crippen molar-refractivity contribution in [3.05, 3.63) is 29.8 Å². The van der Waals surface area contributed by atoms with Gasteiger partial charge in [-0.05, 0) is 38.0 Å². The van der Waals surface area contributed by atoms with Crippen LogP contribution in [0.5, 0.6) is 5.75 Å². The highest BCUT2D eigenvalue weighted by Gasteiger charge is 2.48. The van der Waals surface area contributed by atoms with Crippen LogP contribution in [0, 0.1) is 0 Å². The van der Waals surface area contributed by atoms with Crippen molar-refractivity contribution in [1.82, 2.24) is 9.80 Å². The van der Waals surface area contributed by atoms with Crippen LogP contribution in [-0.2, 0) is 14.3 Å². The normalized spacial score (nSPS) is 17.2. The zero-order valence-electron chi connectivity index (χ0n) is 15.2. The van der Waals surface area contributed by atoms with Gasteiger partial charge in [0.05, 0.1) is 13.2 Å². The third-order valence-electron chi connectivity index (χ3n) is 4.36. The standard InChI is InChI=1S/C18H24N2O5/c1-6-14(12-7-9-13(24-5)10-8-12)19(4)15(21)11-20-16(22)18(2,3)25-17(20)23/h7-10,14H,6,11H2,1-5H3/t14-/m1/s1. The Morgan fingerprint density at radius 3 is 2.32 bits per heavy atom. The lowest BCUT2D eigenvalue weighted by molar-refractivity contribution is -0.140. The molecule has 7 heteroatoms. The lowest BCUT2D eigenvalue weighted by Gasteiger charge is -2.29. The summed E-state index contributed by atoms with van der Waals surface area (Å²) < 4.78 is 10.2. The van der Waals surface area contributed by atoms with E-state index < -0.39 is 17.6 Å². The Balaban J connectivity index is 2.11. The summed E-state index contributed by atoms with van der Waals surface area (Å²) >= 11 is 0. The number of hydrogen-bond acceptors (Lipinski definition) is 5. The van der Waals surface area contributed by atoms with Gasteiger partial charge in [-0.25, -0.2) is 9.69 Å². The van der Waals surface area contributed by atoms with E-state index >= 15 is 0 Å². The molecule has 25 heavy (non-hydrogen) atoms. The number of likely N-dealkylation sites (N-methyl/N-ethyl adjacent to an activating group) is 1. The number of carbonyl (C=O) groups excluding carboxylic acids is 3. The minimum Gasteiger partial charge on any atom is -0.497 e. The molecule has 136 valence electrons. The monoisotopic (exact) mass is 348 g/mol. The van der Waals surface area contributed by atoms with Gasteiger partial charge in [-0.3, -0.25) is 9.59 Å². The van der Waals surface area contributed by atoms with Crippen molar-refractivity contribution < 1.29 is 23.9 Å². The van der Waals surface area contributed by atoms with E-state index in [1.54, 1.807) is 19.1 Å². The van der Waals surface area contributed by atoms with E-state index in [-0.39, 0.29) is 18.5 Å². The molecular weight excluding hydrogens is 324 g/mol. The Kier molecular flexibility index (Phi) is 5.35. The average molecular weight is 348 g/mol. The molecule has 0 spiro atoms. The molecule has 0 aromatic heterocycles. The van der Waals surface area contributed by atoms with Crippen LogP contribution < -0.4 is 4.74 Å². The number of imide groups is 1. The van der Waals surface area contributed by atoms with Gasteiger partial charge < -0.3 is 14.4 Å². The Labute approximate surface area is 147 Å². The van der Waals surface area contributed by atoms with Crippen LogP contribution in [0.4, 0.5) is 4.79 Å². The van der Waals surface area contributed by atoms with Crippen molar-refractivity contribution in [2.24, 2.45) is 0 Å². The maximum absolute atomic E-state index is 12.6. The van der Waals surface area contributed by atoms with E-state index in [0.29, 0.717) is 6.42 Å². The molecule has 0 N–H and O–H groups in total. The first-order chi connectivity index (χ1) is 11.7. The molecule has 0 unspecified atom stereocenters. The predicted octanol–water partition coefficient (Wildman–Crippen LogP) is 2.36. The highest BCUT2D eigenvalue weighted by atomic mass is 16.6. The first kappa shape index (κ1) is 18.8. The first-order valence-electron chi connectivity index (χ1n) is 8.15. The van der Waals surface area contributed by atoms with Crippen molar-refractivity contribution in [2.45, 2.75) is 38.8 Å². The molecule has 1 aliphatic rings. The molecule has 7 nitrogen and oxygen atoms in total. The van der Waals surface area contributed by atoms with Crippen LogP contribution in [0.1, 0.15) is 38.8 Å². The van der Waals surface area contributed by atoms with Crippen molar-refractivity contribution >= 4 is 17.9 Å². The minimum atomic E-state index is -1.23. The third-order valence-corrected chi connectivity index (χ3v) is 4.36. The molecular formula is C18H24N2O5. The van der Waals surface area contributed by atoms with Gasteiger partial charge in [0.1, 0.15) is 12.3 Å². The van der Waals surface area contributed by atoms with Crippen LogP contribution in [0.25, 0.3) is 0 Å². The van der Waals surface area contributed by atoms with Crippen molar-refractivity contribution in [1.29, 1.82) is 0 Å². The Morgan fingerprint density at radius 2 is 1.88 bits per heavy atom. The molecule has 1 saturated heterocycles. The predicted molar refractivity (Wildman–Crippen MR) is 91.1 cm³/mol. The second kappa shape index (κ2) is 7.13. The van der Waals surface area contributed by atoms with E-state index in [1.807, 2.05) is 31.2 Å². The summed E-state index contributed by atoms with van der Waals surface area (Å²) in [6.07, 6.45) is -0.0902. The van der Waals surface area contributed by atoms with Gasteiger partial charge in [-0.15, -0.1) is 0 Å². The molecule has 1 aromatic rings. The average Bonchev–Trinajstić information content (AvgIpc) is 2.77. The highest BCUT2D eigenvalue weighted by Crippen LogP contribution is 2.27. The molecule has 3 amide bonds. The number of hydrogen-bond donors (Lipinski definition) is 0. The molecule has 0 aliphatic carbocycles. The summed E-state index contributed by atoms with van der Waals surface area (Å²) in [6.45, 7) is 4.66. The van der Waals surface area contributed by atoms with Gasteiger partial charge in [-0.2, -0.15) is 0 Å². The number of carbonyl (C=O) groups is 3. The van der Waals surface area contributed by atoms with Crippen LogP contribution in [0.15, 0.2) is 24.3 Å². The number of rotatable bonds is 6. The highest BCUT2D eigenvalue weighted by molar-refractivity contribution is 6.04. The molecule has 1 aromatic carbocycles. The van der Waals surface area contributed by atoms with E-state index in [2.05, 4.69) is 0 Å². The molecule has 1 heterocycles. The number of benzene rings is 1. The fourth-order valence-corrected chi connectivity index (χ4v) is 2.84. The molecule has 1 fully saturated rings. The van der Waals surface area contributed by atoms with E-state index in [9.17, 15) is 14.4 Å². The molecule has 2 rings (SSSR count). The minimum absolute atomic E-state index is 0.167. The zero-order valence-corrected chi connectivity index (χ0v) is 15.2. The first-order valence-corrected chi connectivity index (χ1v) is 8.15. The van der Waals surface area contributed by atoms with Crippen molar-refractivity contribution in [3.63, 3.8) is 0 Å². The van der Waals surface area contributed by atoms with E-state index in [0.717, 1.165) is 16.2 Å². The number of amides is 3. The Bertz CT molecular complexity index is 669. The molecule has 0 saturated carbocycles. The number of cyclic esters (lactones) is 1. The number of ether oxygens (including phenoxy) is 2. The SMILES string of the molecule is CC[C@H](c1ccc(OC)cc1)N(C)C(=O)CN1C(=O)OC(C)(C)C1=O. The van der Waals surface area contributed by atoms with Crippen LogP contribution in [0.2, 0.25) is 0 Å². The molecule has 1 aliphatic heterocycles. The van der Waals surface area contributed by atoms with E-state index in [4.69, 9.17) is 9.47 Å². The van der Waals surface area contributed by atoms with Gasteiger partial charge in [0.25, 0.3) is 5.91 Å². The molecule has 1 atom stereocenters. The topological polar surface area (TPSA) is 76.2 Å². The number of nitrogens with zero attached hydrogens (tertiary/aromatic N) is 2. The summed E-state index contributed by atoms with van der Waals surface area (Å²) in [5.74, 6) is -0.0948. The van der Waals surface area contributed by atoms with Gasteiger partial charge in [0.2, 0.25) is 5.91 Å². The smallest absolute Gasteiger partial charge is 0.418 e. The second-order valence-corrected chi connectivity index (χ2v) is 6.47.